The van der Waals surface area contributed by atoms with Crippen molar-refractivity contribution in [3.05, 3.63) is 29.8 Å². The molecule has 1 saturated heterocycles. The Morgan fingerprint density at radius 1 is 1.24 bits per heavy atom. The Morgan fingerprint density at radius 3 is 2.60 bits per heavy atom. The van der Waals surface area contributed by atoms with Gasteiger partial charge in [-0.05, 0) is 43.4 Å². The Hall–Kier alpha value is -1.40. The molecule has 0 radical (unpaired) electrons. The third-order valence-electron chi connectivity index (χ3n) is 4.89. The quantitative estimate of drug-likeness (QED) is 0.728. The highest BCUT2D eigenvalue weighted by atomic mass is 32.2. The minimum absolute atomic E-state index is 0.201. The van der Waals surface area contributed by atoms with E-state index in [0.717, 1.165) is 38.5 Å². The van der Waals surface area contributed by atoms with Crippen LogP contribution in [-0.4, -0.2) is 38.3 Å². The molecule has 1 aromatic carbocycles. The molecule has 1 amide bonds. The van der Waals surface area contributed by atoms with Gasteiger partial charge in [0.25, 0.3) is 5.91 Å². The van der Waals surface area contributed by atoms with E-state index in [4.69, 9.17) is 0 Å². The van der Waals surface area contributed by atoms with Gasteiger partial charge in [-0.2, -0.15) is 4.31 Å². The monoisotopic (exact) mass is 366 g/mol. The number of hydrogen-bond acceptors (Lipinski definition) is 3. The number of rotatable bonds is 9. The fourth-order valence-corrected chi connectivity index (χ4v) is 4.72. The molecule has 1 aliphatic rings. The molecule has 1 aromatic rings. The number of nitrogens with zero attached hydrogens (tertiary/aromatic N) is 1. The van der Waals surface area contributed by atoms with Gasteiger partial charge in [0.05, 0.1) is 4.90 Å². The Balaban J connectivity index is 2.03. The van der Waals surface area contributed by atoms with Crippen molar-refractivity contribution in [1.82, 2.24) is 9.62 Å². The third-order valence-corrected chi connectivity index (χ3v) is 6.79. The van der Waals surface area contributed by atoms with E-state index in [-0.39, 0.29) is 10.8 Å². The molecule has 1 N–H and O–H groups in total. The van der Waals surface area contributed by atoms with E-state index in [0.29, 0.717) is 31.1 Å². The number of nitrogens with one attached hydrogen (secondary N) is 1. The van der Waals surface area contributed by atoms with E-state index >= 15 is 0 Å². The van der Waals surface area contributed by atoms with Crippen LogP contribution in [0.1, 0.15) is 62.7 Å². The number of amides is 1. The van der Waals surface area contributed by atoms with E-state index in [1.165, 1.54) is 10.4 Å². The average molecular weight is 367 g/mol. The summed E-state index contributed by atoms with van der Waals surface area (Å²) in [5.41, 5.74) is 0.408. The molecule has 2 rings (SSSR count). The maximum absolute atomic E-state index is 12.6. The lowest BCUT2D eigenvalue weighted by molar-refractivity contribution is 0.0945. The molecule has 0 unspecified atom stereocenters. The first-order chi connectivity index (χ1) is 12.0. The van der Waals surface area contributed by atoms with Gasteiger partial charge in [0.1, 0.15) is 0 Å². The second kappa shape index (κ2) is 9.34. The molecule has 1 fully saturated rings. The Labute approximate surface area is 151 Å². The SMILES string of the molecule is CCCC[C@@H](CC)CNC(=O)c1cccc(S(=O)(=O)N2CCCC2)c1. The van der Waals surface area contributed by atoms with Gasteiger partial charge < -0.3 is 5.32 Å². The number of benzene rings is 1. The molecule has 0 bridgehead atoms. The molecule has 1 heterocycles. The van der Waals surface area contributed by atoms with Crippen LogP contribution in [-0.2, 0) is 10.0 Å². The van der Waals surface area contributed by atoms with Crippen molar-refractivity contribution in [2.45, 2.75) is 57.3 Å². The summed E-state index contributed by atoms with van der Waals surface area (Å²) in [5.74, 6) is 0.272. The number of unbranched alkanes of at least 4 members (excludes halogenated alkanes) is 1. The maximum atomic E-state index is 12.6. The normalized spacial score (nSPS) is 16.7. The van der Waals surface area contributed by atoms with Gasteiger partial charge in [0.15, 0.2) is 0 Å². The average Bonchev–Trinajstić information content (AvgIpc) is 3.17. The van der Waals surface area contributed by atoms with E-state index < -0.39 is 10.0 Å². The van der Waals surface area contributed by atoms with Gasteiger partial charge in [-0.15, -0.1) is 0 Å². The van der Waals surface area contributed by atoms with Gasteiger partial charge in [0, 0.05) is 25.2 Å². The van der Waals surface area contributed by atoms with Crippen molar-refractivity contribution in [1.29, 1.82) is 0 Å². The predicted octanol–water partition coefficient (Wildman–Crippen LogP) is 3.42. The highest BCUT2D eigenvalue weighted by molar-refractivity contribution is 7.89. The Bertz CT molecular complexity index is 667. The van der Waals surface area contributed by atoms with Crippen LogP contribution in [0.4, 0.5) is 0 Å². The molecule has 0 spiro atoms. The standard InChI is InChI=1S/C19H30N2O3S/c1-3-5-9-16(4-2)15-20-19(22)17-10-8-11-18(14-17)25(23,24)21-12-6-7-13-21/h8,10-11,14,16H,3-7,9,12-13,15H2,1-2H3,(H,20,22)/t16-/m1/s1. The Morgan fingerprint density at radius 2 is 1.96 bits per heavy atom. The van der Waals surface area contributed by atoms with Crippen LogP contribution in [0, 0.1) is 5.92 Å². The first kappa shape index (κ1) is 19.9. The zero-order valence-electron chi connectivity index (χ0n) is 15.3. The third kappa shape index (κ3) is 5.28. The van der Waals surface area contributed by atoms with Crippen molar-refractivity contribution in [3.8, 4) is 0 Å². The molecule has 1 aliphatic heterocycles. The molecule has 140 valence electrons. The summed E-state index contributed by atoms with van der Waals surface area (Å²) in [6.45, 7) is 6.06. The lowest BCUT2D eigenvalue weighted by atomic mass is 9.99. The van der Waals surface area contributed by atoms with Gasteiger partial charge in [-0.25, -0.2) is 8.42 Å². The molecule has 6 heteroatoms. The molecule has 0 saturated carbocycles. The van der Waals surface area contributed by atoms with Gasteiger partial charge in [0.2, 0.25) is 10.0 Å². The van der Waals surface area contributed by atoms with Gasteiger partial charge >= 0.3 is 0 Å². The highest BCUT2D eigenvalue weighted by Crippen LogP contribution is 2.21. The number of carbonyl (C=O) groups is 1. The van der Waals surface area contributed by atoms with E-state index in [1.807, 2.05) is 0 Å². The summed E-state index contributed by atoms with van der Waals surface area (Å²) >= 11 is 0. The summed E-state index contributed by atoms with van der Waals surface area (Å²) in [6.07, 6.45) is 6.25. The molecule has 0 aromatic heterocycles. The van der Waals surface area contributed by atoms with Crippen LogP contribution in [0.15, 0.2) is 29.2 Å². The van der Waals surface area contributed by atoms with Crippen LogP contribution in [0.25, 0.3) is 0 Å². The lowest BCUT2D eigenvalue weighted by Crippen LogP contribution is -2.30. The van der Waals surface area contributed by atoms with E-state index in [9.17, 15) is 13.2 Å². The summed E-state index contributed by atoms with van der Waals surface area (Å²) in [4.78, 5) is 12.6. The van der Waals surface area contributed by atoms with Crippen LogP contribution in [0.2, 0.25) is 0 Å². The van der Waals surface area contributed by atoms with Crippen molar-refractivity contribution in [2.75, 3.05) is 19.6 Å². The minimum atomic E-state index is -3.49. The van der Waals surface area contributed by atoms with Crippen LogP contribution >= 0.6 is 0 Å². The molecule has 1 atom stereocenters. The van der Waals surface area contributed by atoms with Crippen molar-refractivity contribution < 1.29 is 13.2 Å². The Kier molecular flexibility index (Phi) is 7.44. The topological polar surface area (TPSA) is 66.5 Å². The molecule has 5 nitrogen and oxygen atoms in total. The molecule has 25 heavy (non-hydrogen) atoms. The summed E-state index contributed by atoms with van der Waals surface area (Å²) in [7, 11) is -3.49. The number of hydrogen-bond donors (Lipinski definition) is 1. The predicted molar refractivity (Wildman–Crippen MR) is 100 cm³/mol. The summed E-state index contributed by atoms with van der Waals surface area (Å²) < 4.78 is 26.8. The lowest BCUT2D eigenvalue weighted by Gasteiger charge is -2.17. The van der Waals surface area contributed by atoms with Crippen molar-refractivity contribution in [2.24, 2.45) is 5.92 Å². The van der Waals surface area contributed by atoms with E-state index in [1.54, 1.807) is 18.2 Å². The van der Waals surface area contributed by atoms with Crippen molar-refractivity contribution in [3.63, 3.8) is 0 Å². The summed E-state index contributed by atoms with van der Waals surface area (Å²) in [5, 5.41) is 2.96. The molecular formula is C19H30N2O3S. The second-order valence-electron chi connectivity index (χ2n) is 6.77. The van der Waals surface area contributed by atoms with Crippen LogP contribution in [0.3, 0.4) is 0 Å². The minimum Gasteiger partial charge on any atom is -0.352 e. The van der Waals surface area contributed by atoms with Crippen LogP contribution < -0.4 is 5.32 Å². The second-order valence-corrected chi connectivity index (χ2v) is 8.70. The molecule has 0 aliphatic carbocycles. The maximum Gasteiger partial charge on any atom is 0.251 e. The number of sulfonamides is 1. The fraction of sp³-hybridized carbons (Fsp3) is 0.632. The van der Waals surface area contributed by atoms with Gasteiger partial charge in [-0.3, -0.25) is 4.79 Å². The molecular weight excluding hydrogens is 336 g/mol. The largest absolute Gasteiger partial charge is 0.352 e. The smallest absolute Gasteiger partial charge is 0.251 e. The van der Waals surface area contributed by atoms with Gasteiger partial charge in [-0.1, -0.05) is 39.2 Å². The zero-order valence-corrected chi connectivity index (χ0v) is 16.1. The highest BCUT2D eigenvalue weighted by Gasteiger charge is 2.27. The number of carbonyl (C=O) groups excluding carboxylic acids is 1. The van der Waals surface area contributed by atoms with Crippen molar-refractivity contribution >= 4 is 15.9 Å². The summed E-state index contributed by atoms with van der Waals surface area (Å²) in [6, 6.07) is 6.38. The van der Waals surface area contributed by atoms with E-state index in [2.05, 4.69) is 19.2 Å². The first-order valence-corrected chi connectivity index (χ1v) is 10.8. The first-order valence-electron chi connectivity index (χ1n) is 9.37. The fourth-order valence-electron chi connectivity index (χ4n) is 3.16. The zero-order chi connectivity index (χ0) is 18.3. The van der Waals surface area contributed by atoms with Crippen LogP contribution in [0.5, 0.6) is 0 Å².